The summed E-state index contributed by atoms with van der Waals surface area (Å²) in [6, 6.07) is 7.68. The quantitative estimate of drug-likeness (QED) is 0.289. The molecule has 0 saturated carbocycles. The molecule has 0 aliphatic rings. The number of unbranched alkanes of at least 4 members (excludes halogenated alkanes) is 1. The van der Waals surface area contributed by atoms with Gasteiger partial charge in [-0.25, -0.2) is 0 Å². The van der Waals surface area contributed by atoms with Crippen LogP contribution < -0.4 is 10.1 Å². The molecule has 138 valence electrons. The van der Waals surface area contributed by atoms with Gasteiger partial charge in [0.05, 0.1) is 7.11 Å². The zero-order valence-electron chi connectivity index (χ0n) is 14.2. The average Bonchev–Trinajstić information content (AvgIpc) is 2.50. The van der Waals surface area contributed by atoms with Gasteiger partial charge >= 0.3 is 6.18 Å². The smallest absolute Gasteiger partial charge is 0.389 e. The Morgan fingerprint density at radius 2 is 1.92 bits per heavy atom. The number of para-hydroxylation sites is 1. The monoisotopic (exact) mass is 459 g/mol. The molecule has 1 N–H and O–H groups in total. The van der Waals surface area contributed by atoms with Crippen molar-refractivity contribution in [1.82, 2.24) is 10.2 Å². The predicted molar refractivity (Wildman–Crippen MR) is 101 cm³/mol. The molecule has 0 unspecified atom stereocenters. The highest BCUT2D eigenvalue weighted by atomic mass is 127. The van der Waals surface area contributed by atoms with Crippen LogP contribution in [0.1, 0.15) is 24.8 Å². The number of nitrogens with zero attached hydrogens (tertiary/aromatic N) is 2. The second-order valence-electron chi connectivity index (χ2n) is 5.21. The maximum absolute atomic E-state index is 12.1. The molecular weight excluding hydrogens is 434 g/mol. The number of benzene rings is 1. The Morgan fingerprint density at radius 1 is 1.25 bits per heavy atom. The summed E-state index contributed by atoms with van der Waals surface area (Å²) in [6.45, 7) is 1.05. The summed E-state index contributed by atoms with van der Waals surface area (Å²) in [7, 11) is 5.14. The number of alkyl halides is 3. The lowest BCUT2D eigenvalue weighted by Crippen LogP contribution is -2.39. The van der Waals surface area contributed by atoms with Gasteiger partial charge in [-0.05, 0) is 18.9 Å². The minimum Gasteiger partial charge on any atom is -0.496 e. The van der Waals surface area contributed by atoms with E-state index < -0.39 is 12.6 Å². The first kappa shape index (κ1) is 22.8. The number of guanidine groups is 1. The number of hydrogen-bond donors (Lipinski definition) is 1. The van der Waals surface area contributed by atoms with E-state index in [1.54, 1.807) is 14.2 Å². The Kier molecular flexibility index (Phi) is 10.8. The van der Waals surface area contributed by atoms with E-state index in [-0.39, 0.29) is 30.4 Å². The zero-order valence-corrected chi connectivity index (χ0v) is 16.5. The van der Waals surface area contributed by atoms with Crippen LogP contribution in [0.3, 0.4) is 0 Å². The van der Waals surface area contributed by atoms with Crippen LogP contribution in [0.5, 0.6) is 5.75 Å². The number of nitrogens with one attached hydrogen (secondary N) is 1. The molecule has 4 nitrogen and oxygen atoms in total. The molecule has 1 aromatic rings. The SMILES string of the molecule is CN=C(NCCCCC(F)(F)F)N(C)Cc1ccccc1OC.I. The van der Waals surface area contributed by atoms with Gasteiger partial charge in [0.1, 0.15) is 5.75 Å². The molecule has 24 heavy (non-hydrogen) atoms. The molecule has 0 saturated heterocycles. The number of rotatable bonds is 7. The van der Waals surface area contributed by atoms with Crippen LogP contribution in [0.15, 0.2) is 29.3 Å². The van der Waals surface area contributed by atoms with Crippen molar-refractivity contribution in [3.8, 4) is 5.75 Å². The van der Waals surface area contributed by atoms with E-state index in [1.165, 1.54) is 0 Å². The first-order valence-electron chi connectivity index (χ1n) is 7.48. The standard InChI is InChI=1S/C16H24F3N3O.HI/c1-20-15(21-11-7-6-10-16(17,18)19)22(2)12-13-8-4-5-9-14(13)23-3;/h4-5,8-9H,6-7,10-12H2,1-3H3,(H,20,21);1H. The number of methoxy groups -OCH3 is 1. The molecule has 0 aromatic heterocycles. The number of hydrogen-bond acceptors (Lipinski definition) is 2. The largest absolute Gasteiger partial charge is 0.496 e. The van der Waals surface area contributed by atoms with Gasteiger partial charge in [0.15, 0.2) is 5.96 Å². The van der Waals surface area contributed by atoms with Crippen LogP contribution in [0.4, 0.5) is 13.2 Å². The van der Waals surface area contributed by atoms with E-state index >= 15 is 0 Å². The van der Waals surface area contributed by atoms with Crippen LogP contribution in [0.25, 0.3) is 0 Å². The van der Waals surface area contributed by atoms with E-state index in [2.05, 4.69) is 10.3 Å². The zero-order chi connectivity index (χ0) is 17.3. The highest BCUT2D eigenvalue weighted by molar-refractivity contribution is 14.0. The fraction of sp³-hybridized carbons (Fsp3) is 0.562. The molecule has 1 aromatic carbocycles. The summed E-state index contributed by atoms with van der Waals surface area (Å²) in [5, 5.41) is 3.08. The first-order chi connectivity index (χ1) is 10.9. The fourth-order valence-electron chi connectivity index (χ4n) is 2.20. The molecule has 0 fully saturated rings. The van der Waals surface area contributed by atoms with Gasteiger partial charge in [-0.15, -0.1) is 24.0 Å². The summed E-state index contributed by atoms with van der Waals surface area (Å²) in [4.78, 5) is 6.06. The molecule has 0 heterocycles. The molecule has 0 spiro atoms. The van der Waals surface area contributed by atoms with Crippen molar-refractivity contribution in [2.24, 2.45) is 4.99 Å². The normalized spacial score (nSPS) is 11.7. The molecule has 8 heteroatoms. The van der Waals surface area contributed by atoms with Crippen molar-refractivity contribution in [3.63, 3.8) is 0 Å². The van der Waals surface area contributed by atoms with E-state index in [1.807, 2.05) is 36.2 Å². The third kappa shape index (κ3) is 8.60. The van der Waals surface area contributed by atoms with Gasteiger partial charge in [0.25, 0.3) is 0 Å². The Bertz CT molecular complexity index is 510. The molecule has 0 aliphatic heterocycles. The van der Waals surface area contributed by atoms with Crippen molar-refractivity contribution < 1.29 is 17.9 Å². The van der Waals surface area contributed by atoms with Crippen LogP contribution in [-0.4, -0.2) is 44.8 Å². The molecule has 0 atom stereocenters. The summed E-state index contributed by atoms with van der Waals surface area (Å²) in [5.74, 6) is 1.43. The van der Waals surface area contributed by atoms with Crippen LogP contribution in [-0.2, 0) is 6.54 Å². The van der Waals surface area contributed by atoms with Crippen LogP contribution >= 0.6 is 24.0 Å². The van der Waals surface area contributed by atoms with Crippen molar-refractivity contribution in [2.75, 3.05) is 27.7 Å². The highest BCUT2D eigenvalue weighted by Gasteiger charge is 2.25. The van der Waals surface area contributed by atoms with Crippen molar-refractivity contribution in [1.29, 1.82) is 0 Å². The third-order valence-electron chi connectivity index (χ3n) is 3.34. The molecule has 0 aliphatic carbocycles. The summed E-state index contributed by atoms with van der Waals surface area (Å²) in [5.41, 5.74) is 1.01. The predicted octanol–water partition coefficient (Wildman–Crippen LogP) is 4.05. The number of aliphatic imine (C=N–C) groups is 1. The van der Waals surface area contributed by atoms with Gasteiger partial charge in [0.2, 0.25) is 0 Å². The first-order valence-corrected chi connectivity index (χ1v) is 7.48. The molecule has 1 rings (SSSR count). The molecule has 0 amide bonds. The second-order valence-corrected chi connectivity index (χ2v) is 5.21. The Morgan fingerprint density at radius 3 is 2.50 bits per heavy atom. The van der Waals surface area contributed by atoms with Crippen LogP contribution in [0, 0.1) is 0 Å². The maximum Gasteiger partial charge on any atom is 0.389 e. The minimum atomic E-state index is -4.08. The van der Waals surface area contributed by atoms with E-state index in [0.29, 0.717) is 25.5 Å². The topological polar surface area (TPSA) is 36.9 Å². The lowest BCUT2D eigenvalue weighted by Gasteiger charge is -2.23. The number of halogens is 4. The summed E-state index contributed by atoms with van der Waals surface area (Å²) in [6.07, 6.45) is -4.27. The Hall–Kier alpha value is -1.19. The van der Waals surface area contributed by atoms with Crippen molar-refractivity contribution >= 4 is 29.9 Å². The van der Waals surface area contributed by atoms with Crippen LogP contribution in [0.2, 0.25) is 0 Å². The molecular formula is C16H25F3IN3O. The third-order valence-corrected chi connectivity index (χ3v) is 3.34. The van der Waals surface area contributed by atoms with Gasteiger partial charge < -0.3 is 15.0 Å². The fourth-order valence-corrected chi connectivity index (χ4v) is 2.20. The highest BCUT2D eigenvalue weighted by Crippen LogP contribution is 2.22. The Labute approximate surface area is 158 Å². The van der Waals surface area contributed by atoms with E-state index in [4.69, 9.17) is 4.74 Å². The van der Waals surface area contributed by atoms with Gasteiger partial charge in [-0.1, -0.05) is 18.2 Å². The lowest BCUT2D eigenvalue weighted by molar-refractivity contribution is -0.135. The Balaban J connectivity index is 0.00000529. The van der Waals surface area contributed by atoms with E-state index in [0.717, 1.165) is 11.3 Å². The number of ether oxygens (including phenoxy) is 1. The molecule has 0 bridgehead atoms. The lowest BCUT2D eigenvalue weighted by atomic mass is 10.2. The van der Waals surface area contributed by atoms with Gasteiger partial charge in [-0.2, -0.15) is 13.2 Å². The van der Waals surface area contributed by atoms with Gasteiger partial charge in [0, 0.05) is 39.2 Å². The van der Waals surface area contributed by atoms with E-state index in [9.17, 15) is 13.2 Å². The van der Waals surface area contributed by atoms with Crippen molar-refractivity contribution in [2.45, 2.75) is 32.0 Å². The minimum absolute atomic E-state index is 0. The maximum atomic E-state index is 12.1. The second kappa shape index (κ2) is 11.4. The van der Waals surface area contributed by atoms with Crippen molar-refractivity contribution in [3.05, 3.63) is 29.8 Å². The average molecular weight is 459 g/mol. The van der Waals surface area contributed by atoms with Gasteiger partial charge in [-0.3, -0.25) is 4.99 Å². The summed E-state index contributed by atoms with van der Waals surface area (Å²) >= 11 is 0. The summed E-state index contributed by atoms with van der Waals surface area (Å²) < 4.78 is 41.6. The molecule has 0 radical (unpaired) electrons.